The summed E-state index contributed by atoms with van der Waals surface area (Å²) in [7, 11) is 0. The molecule has 3 heteroatoms. The molecule has 3 heterocycles. The minimum absolute atomic E-state index is 0.837. The van der Waals surface area contributed by atoms with Gasteiger partial charge in [0.2, 0.25) is 0 Å². The lowest BCUT2D eigenvalue weighted by Gasteiger charge is -2.50. The van der Waals surface area contributed by atoms with Crippen LogP contribution in [0.1, 0.15) is 6.42 Å². The summed E-state index contributed by atoms with van der Waals surface area (Å²) in [6.45, 7) is 9.40. The third kappa shape index (κ3) is 1.61. The van der Waals surface area contributed by atoms with Gasteiger partial charge in [-0.3, -0.25) is 4.90 Å². The summed E-state index contributed by atoms with van der Waals surface area (Å²) >= 11 is 5.73. The summed E-state index contributed by atoms with van der Waals surface area (Å²) < 4.78 is 1.36. The van der Waals surface area contributed by atoms with Crippen LogP contribution in [0.4, 0.5) is 0 Å². The number of fused-ring (bicyclic) bond motifs is 3. The average molecular weight is 190 g/mol. The second-order valence-corrected chi connectivity index (χ2v) is 4.50. The monoisotopic (exact) mass is 189 g/mol. The van der Waals surface area contributed by atoms with E-state index in [-0.39, 0.29) is 0 Å². The number of piperazine rings is 3. The molecular formula is C9H18ClN2+. The van der Waals surface area contributed by atoms with Gasteiger partial charge in [-0.1, -0.05) is 0 Å². The zero-order valence-electron chi connectivity index (χ0n) is 7.64. The Bertz CT molecular complexity index is 139. The lowest BCUT2D eigenvalue weighted by molar-refractivity contribution is -0.940. The highest BCUT2D eigenvalue weighted by Gasteiger charge is 2.37. The lowest BCUT2D eigenvalue weighted by Crippen LogP contribution is -2.67. The van der Waals surface area contributed by atoms with Gasteiger partial charge in [-0.2, -0.15) is 0 Å². The van der Waals surface area contributed by atoms with Gasteiger partial charge < -0.3 is 4.48 Å². The summed E-state index contributed by atoms with van der Waals surface area (Å²) in [5.74, 6) is 0.837. The highest BCUT2D eigenvalue weighted by Crippen LogP contribution is 2.19. The van der Waals surface area contributed by atoms with Crippen molar-refractivity contribution in [1.82, 2.24) is 4.90 Å². The molecule has 3 saturated heterocycles. The van der Waals surface area contributed by atoms with Crippen LogP contribution in [-0.2, 0) is 0 Å². The Kier molecular flexibility index (Phi) is 2.58. The van der Waals surface area contributed by atoms with E-state index in [0.29, 0.717) is 0 Å². The first-order chi connectivity index (χ1) is 5.85. The molecule has 3 rings (SSSR count). The molecule has 3 aliphatic rings. The SMILES string of the molecule is ClCCC[N+]12CCN(CC1)CC2. The maximum atomic E-state index is 5.73. The topological polar surface area (TPSA) is 3.24 Å². The molecule has 0 amide bonds. The van der Waals surface area contributed by atoms with Gasteiger partial charge in [0.1, 0.15) is 0 Å². The Morgan fingerprint density at radius 3 is 2.17 bits per heavy atom. The molecule has 2 bridgehead atoms. The van der Waals surface area contributed by atoms with E-state index in [2.05, 4.69) is 4.90 Å². The van der Waals surface area contributed by atoms with Crippen molar-refractivity contribution in [2.45, 2.75) is 6.42 Å². The smallest absolute Gasteiger partial charge is 0.0916 e. The summed E-state index contributed by atoms with van der Waals surface area (Å²) in [5.41, 5.74) is 0. The molecule has 3 aliphatic heterocycles. The highest BCUT2D eigenvalue weighted by molar-refractivity contribution is 6.17. The Hall–Kier alpha value is 0.210. The fourth-order valence-corrected chi connectivity index (χ4v) is 2.58. The molecule has 0 radical (unpaired) electrons. The molecule has 0 unspecified atom stereocenters. The van der Waals surface area contributed by atoms with Gasteiger partial charge in [0.15, 0.2) is 0 Å². The number of quaternary nitrogens is 1. The third-order valence-electron chi connectivity index (χ3n) is 3.44. The van der Waals surface area contributed by atoms with E-state index in [4.69, 9.17) is 11.6 Å². The van der Waals surface area contributed by atoms with Crippen molar-refractivity contribution in [3.05, 3.63) is 0 Å². The molecule has 70 valence electrons. The summed E-state index contributed by atoms with van der Waals surface area (Å²) in [4.78, 5) is 2.58. The zero-order chi connectivity index (χ0) is 8.44. The van der Waals surface area contributed by atoms with Crippen LogP contribution >= 0.6 is 11.6 Å². The molecule has 0 spiro atoms. The number of hydrogen-bond donors (Lipinski definition) is 0. The summed E-state index contributed by atoms with van der Waals surface area (Å²) in [5, 5.41) is 0. The highest BCUT2D eigenvalue weighted by atomic mass is 35.5. The molecule has 0 aromatic heterocycles. The quantitative estimate of drug-likeness (QED) is 0.468. The van der Waals surface area contributed by atoms with E-state index in [1.165, 1.54) is 56.7 Å². The van der Waals surface area contributed by atoms with E-state index in [0.717, 1.165) is 5.88 Å². The van der Waals surface area contributed by atoms with Crippen LogP contribution in [0.5, 0.6) is 0 Å². The van der Waals surface area contributed by atoms with Crippen LogP contribution in [0.15, 0.2) is 0 Å². The van der Waals surface area contributed by atoms with Gasteiger partial charge in [0.25, 0.3) is 0 Å². The Labute approximate surface area is 79.7 Å². The van der Waals surface area contributed by atoms with E-state index in [1.54, 1.807) is 0 Å². The molecule has 0 atom stereocenters. The molecule has 3 fully saturated rings. The first-order valence-corrected chi connectivity index (χ1v) is 5.52. The Balaban J connectivity index is 1.90. The Morgan fingerprint density at radius 1 is 1.08 bits per heavy atom. The van der Waals surface area contributed by atoms with Gasteiger partial charge in [-0.25, -0.2) is 0 Å². The summed E-state index contributed by atoms with van der Waals surface area (Å²) in [6, 6.07) is 0. The molecule has 0 aliphatic carbocycles. The predicted molar refractivity (Wildman–Crippen MR) is 51.5 cm³/mol. The second kappa shape index (κ2) is 3.52. The molecule has 0 N–H and O–H groups in total. The van der Waals surface area contributed by atoms with E-state index in [9.17, 15) is 0 Å². The number of alkyl halides is 1. The minimum atomic E-state index is 0.837. The van der Waals surface area contributed by atoms with Crippen LogP contribution in [0, 0.1) is 0 Å². The van der Waals surface area contributed by atoms with Crippen molar-refractivity contribution in [2.75, 3.05) is 51.7 Å². The standard InChI is InChI=1S/C9H18ClN2/c10-2-1-6-12-7-3-11(4-8-12)5-9-12/h1-9H2/q+1. The molecular weight excluding hydrogens is 172 g/mol. The fraction of sp³-hybridized carbons (Fsp3) is 1.00. The Morgan fingerprint density at radius 2 is 1.67 bits per heavy atom. The molecule has 12 heavy (non-hydrogen) atoms. The zero-order valence-corrected chi connectivity index (χ0v) is 8.39. The second-order valence-electron chi connectivity index (χ2n) is 4.12. The van der Waals surface area contributed by atoms with Crippen molar-refractivity contribution in [3.63, 3.8) is 0 Å². The average Bonchev–Trinajstić information content (AvgIpc) is 2.18. The van der Waals surface area contributed by atoms with Crippen molar-refractivity contribution < 1.29 is 4.48 Å². The molecule has 0 saturated carbocycles. The van der Waals surface area contributed by atoms with Crippen LogP contribution in [0.2, 0.25) is 0 Å². The summed E-state index contributed by atoms with van der Waals surface area (Å²) in [6.07, 6.45) is 1.20. The van der Waals surface area contributed by atoms with Crippen LogP contribution in [-0.4, -0.2) is 61.1 Å². The van der Waals surface area contributed by atoms with Crippen LogP contribution < -0.4 is 0 Å². The van der Waals surface area contributed by atoms with E-state index in [1.807, 2.05) is 0 Å². The third-order valence-corrected chi connectivity index (χ3v) is 3.71. The predicted octanol–water partition coefficient (Wildman–Crippen LogP) is 0.761. The number of hydrogen-bond acceptors (Lipinski definition) is 1. The van der Waals surface area contributed by atoms with Gasteiger partial charge in [-0.05, 0) is 0 Å². The largest absolute Gasteiger partial charge is 0.320 e. The van der Waals surface area contributed by atoms with Crippen molar-refractivity contribution in [1.29, 1.82) is 0 Å². The van der Waals surface area contributed by atoms with Crippen molar-refractivity contribution in [3.8, 4) is 0 Å². The first-order valence-electron chi connectivity index (χ1n) is 4.98. The van der Waals surface area contributed by atoms with E-state index >= 15 is 0 Å². The van der Waals surface area contributed by atoms with Gasteiger partial charge in [-0.15, -0.1) is 11.6 Å². The van der Waals surface area contributed by atoms with E-state index < -0.39 is 0 Å². The first kappa shape index (κ1) is 8.79. The van der Waals surface area contributed by atoms with Gasteiger partial charge >= 0.3 is 0 Å². The number of halogens is 1. The number of nitrogens with zero attached hydrogens (tertiary/aromatic N) is 2. The van der Waals surface area contributed by atoms with Gasteiger partial charge in [0.05, 0.1) is 26.2 Å². The maximum absolute atomic E-state index is 5.73. The fourth-order valence-electron chi connectivity index (χ4n) is 2.46. The molecule has 0 aromatic rings. The maximum Gasteiger partial charge on any atom is 0.0916 e. The molecule has 2 nitrogen and oxygen atoms in total. The van der Waals surface area contributed by atoms with Crippen molar-refractivity contribution in [2.24, 2.45) is 0 Å². The minimum Gasteiger partial charge on any atom is -0.320 e. The number of rotatable bonds is 3. The van der Waals surface area contributed by atoms with Gasteiger partial charge in [0, 0.05) is 31.9 Å². The normalized spacial score (nSPS) is 40.2. The van der Waals surface area contributed by atoms with Crippen molar-refractivity contribution >= 4 is 11.6 Å². The van der Waals surface area contributed by atoms with Crippen LogP contribution in [0.25, 0.3) is 0 Å². The molecule has 0 aromatic carbocycles. The lowest BCUT2D eigenvalue weighted by atomic mass is 10.1. The van der Waals surface area contributed by atoms with Crippen LogP contribution in [0.3, 0.4) is 0 Å².